The van der Waals surface area contributed by atoms with Crippen molar-refractivity contribution in [1.82, 2.24) is 0 Å². The molecule has 2 atom stereocenters. The predicted molar refractivity (Wildman–Crippen MR) is 74.5 cm³/mol. The number of carbonyl (C=O) groups excluding carboxylic acids is 1. The summed E-state index contributed by atoms with van der Waals surface area (Å²) in [7, 11) is 0. The number of fused-ring (bicyclic) bond motifs is 2. The van der Waals surface area contributed by atoms with E-state index in [1.54, 1.807) is 12.1 Å². The number of rotatable bonds is 2. The second kappa shape index (κ2) is 4.05. The molecular weight excluding hydrogens is 252 g/mol. The highest BCUT2D eigenvalue weighted by Crippen LogP contribution is 2.47. The van der Waals surface area contributed by atoms with Crippen LogP contribution in [0, 0.1) is 0 Å². The van der Waals surface area contributed by atoms with Gasteiger partial charge in [0.25, 0.3) is 5.79 Å². The Morgan fingerprint density at radius 1 is 1.00 bits per heavy atom. The minimum absolute atomic E-state index is 0.00967. The van der Waals surface area contributed by atoms with E-state index in [9.17, 15) is 4.79 Å². The summed E-state index contributed by atoms with van der Waals surface area (Å²) in [6.45, 7) is 0. The molecule has 0 aliphatic carbocycles. The van der Waals surface area contributed by atoms with E-state index >= 15 is 0 Å². The first kappa shape index (κ1) is 11.4. The molecule has 0 radical (unpaired) electrons. The van der Waals surface area contributed by atoms with Crippen molar-refractivity contribution in [3.05, 3.63) is 71.8 Å². The first-order valence-corrected chi connectivity index (χ1v) is 6.53. The van der Waals surface area contributed by atoms with E-state index in [-0.39, 0.29) is 5.78 Å². The molecule has 1 fully saturated rings. The fourth-order valence-electron chi connectivity index (χ4n) is 2.47. The van der Waals surface area contributed by atoms with Crippen LogP contribution in [-0.2, 0) is 4.74 Å². The molecule has 2 aromatic carbocycles. The maximum Gasteiger partial charge on any atom is 0.265 e. The van der Waals surface area contributed by atoms with Crippen LogP contribution in [0.4, 0.5) is 0 Å². The van der Waals surface area contributed by atoms with E-state index in [4.69, 9.17) is 9.47 Å². The summed E-state index contributed by atoms with van der Waals surface area (Å²) >= 11 is 0. The number of hydrogen-bond donors (Lipinski definition) is 0. The van der Waals surface area contributed by atoms with Crippen LogP contribution in [0.1, 0.15) is 15.9 Å². The Bertz CT molecular complexity index is 705. The smallest absolute Gasteiger partial charge is 0.265 e. The van der Waals surface area contributed by atoms with Crippen molar-refractivity contribution in [2.75, 3.05) is 0 Å². The standard InChI is InChI=1S/C17H12O3/c18-15-13-8-4-5-9-14(13)19-17(16(15)20-17)11-10-12-6-2-1-3-7-12/h1-11,16H/b11-10+/t16-,17-/m0/s1. The van der Waals surface area contributed by atoms with Gasteiger partial charge in [-0.25, -0.2) is 0 Å². The molecule has 4 rings (SSSR count). The molecule has 0 spiro atoms. The van der Waals surface area contributed by atoms with Gasteiger partial charge in [-0.05, 0) is 23.8 Å². The fourth-order valence-corrected chi connectivity index (χ4v) is 2.47. The number of ketones is 1. The monoisotopic (exact) mass is 264 g/mol. The van der Waals surface area contributed by atoms with Gasteiger partial charge in [0.2, 0.25) is 5.78 Å². The average Bonchev–Trinajstić information content (AvgIpc) is 3.22. The van der Waals surface area contributed by atoms with E-state index < -0.39 is 11.9 Å². The molecule has 0 amide bonds. The zero-order chi connectivity index (χ0) is 13.6. The van der Waals surface area contributed by atoms with E-state index in [0.29, 0.717) is 11.3 Å². The third-order valence-corrected chi connectivity index (χ3v) is 3.58. The Hall–Kier alpha value is -2.39. The Balaban J connectivity index is 1.66. The summed E-state index contributed by atoms with van der Waals surface area (Å²) < 4.78 is 11.4. The normalized spacial score (nSPS) is 26.8. The molecule has 98 valence electrons. The quantitative estimate of drug-likeness (QED) is 0.782. The zero-order valence-electron chi connectivity index (χ0n) is 10.7. The van der Waals surface area contributed by atoms with Crippen LogP contribution in [0.25, 0.3) is 6.08 Å². The van der Waals surface area contributed by atoms with Gasteiger partial charge in [0, 0.05) is 0 Å². The van der Waals surface area contributed by atoms with Crippen LogP contribution in [0.15, 0.2) is 60.7 Å². The van der Waals surface area contributed by atoms with Crippen LogP contribution < -0.4 is 4.74 Å². The molecule has 0 N–H and O–H groups in total. The molecular formula is C17H12O3. The lowest BCUT2D eigenvalue weighted by Crippen LogP contribution is -2.30. The lowest BCUT2D eigenvalue weighted by atomic mass is 10.00. The Kier molecular flexibility index (Phi) is 2.32. The fraction of sp³-hybridized carbons (Fsp3) is 0.118. The Morgan fingerprint density at radius 3 is 2.60 bits per heavy atom. The number of benzene rings is 2. The number of hydrogen-bond acceptors (Lipinski definition) is 3. The van der Waals surface area contributed by atoms with Crippen LogP contribution in [-0.4, -0.2) is 17.7 Å². The highest BCUT2D eigenvalue weighted by molar-refractivity contribution is 6.05. The van der Waals surface area contributed by atoms with Crippen molar-refractivity contribution < 1.29 is 14.3 Å². The summed E-state index contributed by atoms with van der Waals surface area (Å²) in [5.41, 5.74) is 1.64. The average molecular weight is 264 g/mol. The molecule has 2 aliphatic rings. The van der Waals surface area contributed by atoms with Crippen LogP contribution in [0.3, 0.4) is 0 Å². The van der Waals surface area contributed by atoms with Gasteiger partial charge in [0.05, 0.1) is 5.56 Å². The number of carbonyl (C=O) groups is 1. The predicted octanol–water partition coefficient (Wildman–Crippen LogP) is 3.07. The highest BCUT2D eigenvalue weighted by Gasteiger charge is 2.65. The molecule has 20 heavy (non-hydrogen) atoms. The SMILES string of the molecule is O=C1c2ccccc2O[C@@]2(/C=C/c3ccccc3)O[C@@H]12. The number of para-hydroxylation sites is 1. The van der Waals surface area contributed by atoms with E-state index in [0.717, 1.165) is 5.56 Å². The van der Waals surface area contributed by atoms with E-state index in [1.165, 1.54) is 0 Å². The third kappa shape index (κ3) is 1.67. The van der Waals surface area contributed by atoms with Gasteiger partial charge >= 0.3 is 0 Å². The first-order valence-electron chi connectivity index (χ1n) is 6.53. The van der Waals surface area contributed by atoms with Crippen molar-refractivity contribution in [1.29, 1.82) is 0 Å². The van der Waals surface area contributed by atoms with E-state index in [1.807, 2.05) is 54.6 Å². The summed E-state index contributed by atoms with van der Waals surface area (Å²) in [5.74, 6) is -0.338. The van der Waals surface area contributed by atoms with Gasteiger partial charge in [0.1, 0.15) is 5.75 Å². The zero-order valence-corrected chi connectivity index (χ0v) is 10.7. The first-order chi connectivity index (χ1) is 9.78. The maximum absolute atomic E-state index is 12.2. The second-order valence-electron chi connectivity index (χ2n) is 4.93. The van der Waals surface area contributed by atoms with Gasteiger partial charge in [0.15, 0.2) is 6.10 Å². The minimum atomic E-state index is -0.915. The number of epoxide rings is 1. The number of Topliss-reactive ketones (excluding diaryl/α,β-unsaturated/α-hetero) is 1. The molecule has 2 heterocycles. The van der Waals surface area contributed by atoms with Gasteiger partial charge in [-0.2, -0.15) is 0 Å². The Labute approximate surface area is 116 Å². The topological polar surface area (TPSA) is 38.8 Å². The van der Waals surface area contributed by atoms with Crippen molar-refractivity contribution in [2.45, 2.75) is 11.9 Å². The van der Waals surface area contributed by atoms with Crippen molar-refractivity contribution >= 4 is 11.9 Å². The molecule has 0 bridgehead atoms. The van der Waals surface area contributed by atoms with Crippen molar-refractivity contribution in [2.24, 2.45) is 0 Å². The van der Waals surface area contributed by atoms with Crippen molar-refractivity contribution in [3.63, 3.8) is 0 Å². The van der Waals surface area contributed by atoms with Gasteiger partial charge < -0.3 is 9.47 Å². The molecule has 3 heteroatoms. The lowest BCUT2D eigenvalue weighted by molar-refractivity contribution is 0.0918. The second-order valence-corrected chi connectivity index (χ2v) is 4.93. The third-order valence-electron chi connectivity index (χ3n) is 3.58. The molecule has 3 nitrogen and oxygen atoms in total. The molecule has 0 unspecified atom stereocenters. The summed E-state index contributed by atoms with van der Waals surface area (Å²) in [4.78, 5) is 12.2. The molecule has 0 aromatic heterocycles. The lowest BCUT2D eigenvalue weighted by Gasteiger charge is -2.18. The minimum Gasteiger partial charge on any atom is -0.454 e. The van der Waals surface area contributed by atoms with Crippen LogP contribution in [0.2, 0.25) is 0 Å². The largest absolute Gasteiger partial charge is 0.454 e. The van der Waals surface area contributed by atoms with Crippen LogP contribution >= 0.6 is 0 Å². The molecule has 1 saturated heterocycles. The van der Waals surface area contributed by atoms with Gasteiger partial charge in [-0.3, -0.25) is 4.79 Å². The van der Waals surface area contributed by atoms with E-state index in [2.05, 4.69) is 0 Å². The summed E-state index contributed by atoms with van der Waals surface area (Å²) in [6, 6.07) is 17.1. The summed E-state index contributed by atoms with van der Waals surface area (Å²) in [5, 5.41) is 0. The summed E-state index contributed by atoms with van der Waals surface area (Å²) in [6.07, 6.45) is 3.22. The maximum atomic E-state index is 12.2. The molecule has 2 aliphatic heterocycles. The van der Waals surface area contributed by atoms with Gasteiger partial charge in [-0.15, -0.1) is 0 Å². The highest BCUT2D eigenvalue weighted by atomic mass is 16.8. The Morgan fingerprint density at radius 2 is 1.75 bits per heavy atom. The van der Waals surface area contributed by atoms with Crippen molar-refractivity contribution in [3.8, 4) is 5.75 Å². The molecule has 0 saturated carbocycles. The molecule has 2 aromatic rings. The van der Waals surface area contributed by atoms with Gasteiger partial charge in [-0.1, -0.05) is 48.5 Å². The van der Waals surface area contributed by atoms with Crippen LogP contribution in [0.5, 0.6) is 5.75 Å². The number of ether oxygens (including phenoxy) is 2.